The molecule has 0 spiro atoms. The van der Waals surface area contributed by atoms with Gasteiger partial charge in [-0.3, -0.25) is 4.79 Å². The molecule has 1 aromatic carbocycles. The van der Waals surface area contributed by atoms with Crippen molar-refractivity contribution < 1.29 is 22.4 Å². The molecule has 4 rings (SSSR count). The number of rotatable bonds is 5. The molecule has 2 aromatic heterocycles. The van der Waals surface area contributed by atoms with Gasteiger partial charge in [-0.25, -0.2) is 19.3 Å². The largest absolute Gasteiger partial charge is 0.417 e. The molecule has 1 fully saturated rings. The van der Waals surface area contributed by atoms with Crippen molar-refractivity contribution in [3.63, 3.8) is 0 Å². The Morgan fingerprint density at radius 1 is 1.14 bits per heavy atom. The summed E-state index contributed by atoms with van der Waals surface area (Å²) in [6, 6.07) is 6.72. The number of likely N-dealkylation sites (tertiary alicyclic amines) is 1. The number of pyridine rings is 1. The van der Waals surface area contributed by atoms with Crippen LogP contribution in [0.3, 0.4) is 0 Å². The van der Waals surface area contributed by atoms with E-state index >= 15 is 4.39 Å². The molecule has 10 heteroatoms. The molecule has 0 saturated carbocycles. The maximum atomic E-state index is 15.2. The molecular formula is C25H25F4N5O. The molecule has 1 aliphatic heterocycles. The monoisotopic (exact) mass is 487 g/mol. The lowest BCUT2D eigenvalue weighted by molar-refractivity contribution is -0.137. The van der Waals surface area contributed by atoms with Crippen molar-refractivity contribution in [3.05, 3.63) is 71.4 Å². The summed E-state index contributed by atoms with van der Waals surface area (Å²) in [7, 11) is 0. The lowest BCUT2D eigenvalue weighted by Gasteiger charge is -2.40. The number of halogens is 4. The summed E-state index contributed by atoms with van der Waals surface area (Å²) < 4.78 is 53.6. The molecule has 0 aliphatic carbocycles. The van der Waals surface area contributed by atoms with Gasteiger partial charge >= 0.3 is 6.18 Å². The molecule has 1 amide bonds. The van der Waals surface area contributed by atoms with Gasteiger partial charge in [0.05, 0.1) is 22.7 Å². The summed E-state index contributed by atoms with van der Waals surface area (Å²) in [4.78, 5) is 27.6. The number of piperidine rings is 1. The van der Waals surface area contributed by atoms with E-state index in [1.54, 1.807) is 30.0 Å². The Labute approximate surface area is 200 Å². The van der Waals surface area contributed by atoms with Crippen LogP contribution in [0.2, 0.25) is 0 Å². The molecule has 1 saturated heterocycles. The van der Waals surface area contributed by atoms with Gasteiger partial charge in [0.1, 0.15) is 11.6 Å². The predicted octanol–water partition coefficient (Wildman–Crippen LogP) is 5.36. The highest BCUT2D eigenvalue weighted by Gasteiger charge is 2.35. The minimum atomic E-state index is -4.46. The lowest BCUT2D eigenvalue weighted by atomic mass is 9.89. The summed E-state index contributed by atoms with van der Waals surface area (Å²) in [6.45, 7) is 4.39. The first-order chi connectivity index (χ1) is 16.7. The molecule has 35 heavy (non-hydrogen) atoms. The second-order valence-corrected chi connectivity index (χ2v) is 8.69. The fourth-order valence-corrected chi connectivity index (χ4v) is 4.35. The number of aryl methyl sites for hydroxylation is 1. The topological polar surface area (TPSA) is 71.0 Å². The predicted molar refractivity (Wildman–Crippen MR) is 123 cm³/mol. The zero-order valence-corrected chi connectivity index (χ0v) is 19.3. The first-order valence-corrected chi connectivity index (χ1v) is 11.3. The number of nitrogens with one attached hydrogen (secondary N) is 1. The van der Waals surface area contributed by atoms with E-state index in [9.17, 15) is 18.0 Å². The first-order valence-electron chi connectivity index (χ1n) is 11.3. The van der Waals surface area contributed by atoms with E-state index in [-0.39, 0.29) is 47.2 Å². The molecule has 0 radical (unpaired) electrons. The number of benzene rings is 1. The van der Waals surface area contributed by atoms with Crippen molar-refractivity contribution in [1.82, 2.24) is 19.9 Å². The number of hydrogen-bond donors (Lipinski definition) is 1. The van der Waals surface area contributed by atoms with Gasteiger partial charge in [-0.05, 0) is 55.5 Å². The Morgan fingerprint density at radius 2 is 1.89 bits per heavy atom. The Balaban J connectivity index is 1.60. The van der Waals surface area contributed by atoms with Gasteiger partial charge in [0.25, 0.3) is 5.91 Å². The average molecular weight is 488 g/mol. The summed E-state index contributed by atoms with van der Waals surface area (Å²) >= 11 is 0. The fourth-order valence-electron chi connectivity index (χ4n) is 4.35. The normalized spacial score (nSPS) is 18.4. The van der Waals surface area contributed by atoms with E-state index in [0.29, 0.717) is 12.1 Å². The van der Waals surface area contributed by atoms with Crippen molar-refractivity contribution in [2.24, 2.45) is 5.92 Å². The SMILES string of the molecule is Cc1ccc(C(=O)N2CCCC(C)C2CNc2ccc(C(F)(F)F)cn2)c(-c2ncccn2)c1F. The Morgan fingerprint density at radius 3 is 2.54 bits per heavy atom. The molecule has 3 heterocycles. The standard InChI is InChI=1S/C25H25F4N5O/c1-15-5-3-12-34(19(15)14-33-20-9-7-17(13-32-20)25(27,28)29)24(35)18-8-6-16(2)22(26)21(18)23-30-10-4-11-31-23/h4,6-11,13,15,19H,3,5,12,14H2,1-2H3,(H,32,33). The second kappa shape index (κ2) is 9.97. The van der Waals surface area contributed by atoms with Crippen molar-refractivity contribution in [3.8, 4) is 11.4 Å². The number of amides is 1. The van der Waals surface area contributed by atoms with Crippen LogP contribution in [-0.4, -0.2) is 44.9 Å². The van der Waals surface area contributed by atoms with E-state index in [1.165, 1.54) is 18.5 Å². The third kappa shape index (κ3) is 5.26. The Bertz CT molecular complexity index is 1180. The number of carbonyl (C=O) groups is 1. The number of nitrogens with zero attached hydrogens (tertiary/aromatic N) is 4. The number of anilines is 1. The molecule has 6 nitrogen and oxygen atoms in total. The molecular weight excluding hydrogens is 462 g/mol. The Kier molecular flexibility index (Phi) is 7.00. The highest BCUT2D eigenvalue weighted by atomic mass is 19.4. The average Bonchev–Trinajstić information content (AvgIpc) is 2.84. The van der Waals surface area contributed by atoms with Crippen LogP contribution in [0, 0.1) is 18.7 Å². The van der Waals surface area contributed by atoms with Gasteiger partial charge in [0.15, 0.2) is 5.82 Å². The smallest absolute Gasteiger partial charge is 0.368 e. The highest BCUT2D eigenvalue weighted by molar-refractivity contribution is 6.00. The van der Waals surface area contributed by atoms with E-state index in [2.05, 4.69) is 20.3 Å². The van der Waals surface area contributed by atoms with Gasteiger partial charge in [0.2, 0.25) is 0 Å². The van der Waals surface area contributed by atoms with Gasteiger partial charge < -0.3 is 10.2 Å². The van der Waals surface area contributed by atoms with E-state index in [0.717, 1.165) is 25.1 Å². The maximum absolute atomic E-state index is 15.2. The molecule has 2 unspecified atom stereocenters. The van der Waals surface area contributed by atoms with Crippen LogP contribution < -0.4 is 5.32 Å². The van der Waals surface area contributed by atoms with Gasteiger partial charge in [-0.2, -0.15) is 13.2 Å². The molecule has 0 bridgehead atoms. The second-order valence-electron chi connectivity index (χ2n) is 8.69. The van der Waals surface area contributed by atoms with E-state index < -0.39 is 17.6 Å². The number of carbonyl (C=O) groups excluding carboxylic acids is 1. The summed E-state index contributed by atoms with van der Waals surface area (Å²) in [5.74, 6) is -0.365. The van der Waals surface area contributed by atoms with Crippen molar-refractivity contribution in [2.45, 2.75) is 38.9 Å². The lowest BCUT2D eigenvalue weighted by Crippen LogP contribution is -2.51. The van der Waals surface area contributed by atoms with Crippen LogP contribution in [0.4, 0.5) is 23.4 Å². The maximum Gasteiger partial charge on any atom is 0.417 e. The van der Waals surface area contributed by atoms with Crippen LogP contribution in [0.1, 0.15) is 41.3 Å². The van der Waals surface area contributed by atoms with E-state index in [1.807, 2.05) is 6.92 Å². The first kappa shape index (κ1) is 24.6. The fraction of sp³-hybridized carbons (Fsp3) is 0.360. The van der Waals surface area contributed by atoms with Gasteiger partial charge in [0, 0.05) is 31.7 Å². The summed E-state index contributed by atoms with van der Waals surface area (Å²) in [6.07, 6.45) is 0.962. The zero-order valence-electron chi connectivity index (χ0n) is 19.3. The van der Waals surface area contributed by atoms with Crippen LogP contribution in [-0.2, 0) is 6.18 Å². The third-order valence-electron chi connectivity index (χ3n) is 6.31. The molecule has 3 aromatic rings. The van der Waals surface area contributed by atoms with Crippen molar-refractivity contribution in [2.75, 3.05) is 18.4 Å². The summed E-state index contributed by atoms with van der Waals surface area (Å²) in [5.41, 5.74) is -0.221. The number of aromatic nitrogens is 3. The molecule has 2 atom stereocenters. The van der Waals surface area contributed by atoms with Crippen molar-refractivity contribution >= 4 is 11.7 Å². The van der Waals surface area contributed by atoms with Gasteiger partial charge in [-0.15, -0.1) is 0 Å². The molecule has 1 aliphatic rings. The Hall–Kier alpha value is -3.56. The molecule has 184 valence electrons. The molecule has 1 N–H and O–H groups in total. The highest BCUT2D eigenvalue weighted by Crippen LogP contribution is 2.32. The number of hydrogen-bond acceptors (Lipinski definition) is 5. The number of alkyl halides is 3. The zero-order chi connectivity index (χ0) is 25.2. The van der Waals surface area contributed by atoms with E-state index in [4.69, 9.17) is 0 Å². The van der Waals surface area contributed by atoms with Gasteiger partial charge in [-0.1, -0.05) is 13.0 Å². The van der Waals surface area contributed by atoms with Crippen LogP contribution >= 0.6 is 0 Å². The minimum absolute atomic E-state index is 0.0601. The van der Waals surface area contributed by atoms with Crippen molar-refractivity contribution in [1.29, 1.82) is 0 Å². The quantitative estimate of drug-likeness (QED) is 0.491. The van der Waals surface area contributed by atoms with Crippen LogP contribution in [0.5, 0.6) is 0 Å². The minimum Gasteiger partial charge on any atom is -0.368 e. The third-order valence-corrected chi connectivity index (χ3v) is 6.31. The van der Waals surface area contributed by atoms with Crippen LogP contribution in [0.25, 0.3) is 11.4 Å². The van der Waals surface area contributed by atoms with Crippen LogP contribution in [0.15, 0.2) is 48.9 Å². The summed E-state index contributed by atoms with van der Waals surface area (Å²) in [5, 5.41) is 3.06.